The highest BCUT2D eigenvalue weighted by Crippen LogP contribution is 2.46. The molecule has 158 valence electrons. The van der Waals surface area contributed by atoms with Crippen LogP contribution in [0.5, 0.6) is 0 Å². The predicted octanol–water partition coefficient (Wildman–Crippen LogP) is 7.92. The van der Waals surface area contributed by atoms with Gasteiger partial charge in [-0.2, -0.15) is 5.26 Å². The van der Waals surface area contributed by atoms with Crippen molar-refractivity contribution >= 4 is 28.1 Å². The van der Waals surface area contributed by atoms with Crippen LogP contribution in [0.3, 0.4) is 0 Å². The van der Waals surface area contributed by atoms with E-state index in [-0.39, 0.29) is 0 Å². The lowest BCUT2D eigenvalue weighted by atomic mass is 9.83. The van der Waals surface area contributed by atoms with E-state index in [4.69, 9.17) is 11.6 Å². The molecule has 1 heterocycles. The molecule has 5 rings (SSSR count). The molecule has 0 N–H and O–H groups in total. The number of halogens is 1. The first-order valence-electron chi connectivity index (χ1n) is 11.2. The van der Waals surface area contributed by atoms with Crippen molar-refractivity contribution in [1.29, 1.82) is 5.26 Å². The van der Waals surface area contributed by atoms with Gasteiger partial charge >= 0.3 is 0 Å². The van der Waals surface area contributed by atoms with Gasteiger partial charge in [-0.1, -0.05) is 66.2 Å². The van der Waals surface area contributed by atoms with Gasteiger partial charge in [-0.3, -0.25) is 0 Å². The molecule has 2 nitrogen and oxygen atoms in total. The zero-order valence-electron chi connectivity index (χ0n) is 18.5. The maximum absolute atomic E-state index is 10.4. The van der Waals surface area contributed by atoms with Gasteiger partial charge in [0, 0.05) is 23.7 Å². The van der Waals surface area contributed by atoms with E-state index in [1.807, 2.05) is 18.2 Å². The largest absolute Gasteiger partial charge is 0.370 e. The number of nitrogens with zero attached hydrogens (tertiary/aromatic N) is 2. The van der Waals surface area contributed by atoms with E-state index in [0.717, 1.165) is 53.9 Å². The first-order valence-corrected chi connectivity index (χ1v) is 11.5. The third-order valence-corrected chi connectivity index (χ3v) is 6.91. The third-order valence-electron chi connectivity index (χ3n) is 6.67. The smallest absolute Gasteiger partial charge is 0.102 e. The number of anilines is 1. The van der Waals surface area contributed by atoms with Crippen molar-refractivity contribution in [3.8, 4) is 28.3 Å². The SMILES string of the molecule is Cc1c(-c2cccc3ccccc23)c(C)c(N2CCCC2)c(C#N)c1-c1cccc(Cl)c1. The quantitative estimate of drug-likeness (QED) is 0.326. The fourth-order valence-corrected chi connectivity index (χ4v) is 5.51. The monoisotopic (exact) mass is 436 g/mol. The Hall–Kier alpha value is -3.28. The highest BCUT2D eigenvalue weighted by molar-refractivity contribution is 6.30. The van der Waals surface area contributed by atoms with Crippen LogP contribution >= 0.6 is 11.6 Å². The molecule has 4 aromatic rings. The van der Waals surface area contributed by atoms with E-state index in [9.17, 15) is 5.26 Å². The molecule has 4 aromatic carbocycles. The van der Waals surface area contributed by atoms with Crippen molar-refractivity contribution in [2.45, 2.75) is 26.7 Å². The summed E-state index contributed by atoms with van der Waals surface area (Å²) in [6.07, 6.45) is 2.32. The Balaban J connectivity index is 1.92. The number of nitriles is 1. The highest BCUT2D eigenvalue weighted by Gasteiger charge is 2.27. The van der Waals surface area contributed by atoms with E-state index < -0.39 is 0 Å². The summed E-state index contributed by atoms with van der Waals surface area (Å²) in [7, 11) is 0. The summed E-state index contributed by atoms with van der Waals surface area (Å²) in [5, 5.41) is 13.5. The Bertz CT molecular complexity index is 1370. The molecule has 0 saturated carbocycles. The molecule has 0 amide bonds. The van der Waals surface area contributed by atoms with Gasteiger partial charge in [0.2, 0.25) is 0 Å². The topological polar surface area (TPSA) is 27.0 Å². The average Bonchev–Trinajstić information content (AvgIpc) is 3.33. The Morgan fingerprint density at radius 2 is 1.56 bits per heavy atom. The van der Waals surface area contributed by atoms with Gasteiger partial charge in [0.05, 0.1) is 11.3 Å². The second kappa shape index (κ2) is 8.34. The molecule has 0 atom stereocenters. The molecule has 0 spiro atoms. The Kier molecular flexibility index (Phi) is 5.37. The molecule has 0 radical (unpaired) electrons. The van der Waals surface area contributed by atoms with Crippen LogP contribution in [0.2, 0.25) is 5.02 Å². The number of benzene rings is 4. The van der Waals surface area contributed by atoms with Gasteiger partial charge in [0.1, 0.15) is 6.07 Å². The molecule has 3 heteroatoms. The van der Waals surface area contributed by atoms with Crippen LogP contribution in [0.1, 0.15) is 29.5 Å². The van der Waals surface area contributed by atoms with Crippen molar-refractivity contribution in [3.05, 3.63) is 88.4 Å². The first-order chi connectivity index (χ1) is 15.6. The molecule has 0 unspecified atom stereocenters. The predicted molar refractivity (Wildman–Crippen MR) is 135 cm³/mol. The Labute approximate surface area is 194 Å². The van der Waals surface area contributed by atoms with E-state index in [1.165, 1.54) is 27.5 Å². The first kappa shape index (κ1) is 20.6. The maximum atomic E-state index is 10.4. The molecule has 0 aliphatic carbocycles. The van der Waals surface area contributed by atoms with Crippen molar-refractivity contribution in [3.63, 3.8) is 0 Å². The number of fused-ring (bicyclic) bond motifs is 1. The van der Waals surface area contributed by atoms with Gasteiger partial charge in [-0.25, -0.2) is 0 Å². The number of rotatable bonds is 3. The summed E-state index contributed by atoms with van der Waals surface area (Å²) in [4.78, 5) is 2.40. The Morgan fingerprint density at radius 1 is 0.844 bits per heavy atom. The van der Waals surface area contributed by atoms with Crippen LogP contribution < -0.4 is 4.90 Å². The second-order valence-corrected chi connectivity index (χ2v) is 9.00. The summed E-state index contributed by atoms with van der Waals surface area (Å²) < 4.78 is 0. The van der Waals surface area contributed by atoms with Crippen LogP contribution in [0.25, 0.3) is 33.0 Å². The van der Waals surface area contributed by atoms with Crippen molar-refractivity contribution in [2.24, 2.45) is 0 Å². The fraction of sp³-hybridized carbons (Fsp3) is 0.207. The summed E-state index contributed by atoms with van der Waals surface area (Å²) >= 11 is 6.38. The summed E-state index contributed by atoms with van der Waals surface area (Å²) in [6.45, 7) is 6.31. The van der Waals surface area contributed by atoms with Crippen molar-refractivity contribution < 1.29 is 0 Å². The van der Waals surface area contributed by atoms with Crippen LogP contribution in [0.4, 0.5) is 5.69 Å². The molecule has 32 heavy (non-hydrogen) atoms. The molecule has 1 fully saturated rings. The van der Waals surface area contributed by atoms with Crippen LogP contribution in [0.15, 0.2) is 66.7 Å². The van der Waals surface area contributed by atoms with Crippen LogP contribution in [-0.4, -0.2) is 13.1 Å². The van der Waals surface area contributed by atoms with Crippen molar-refractivity contribution in [2.75, 3.05) is 18.0 Å². The minimum absolute atomic E-state index is 0.681. The van der Waals surface area contributed by atoms with Crippen LogP contribution in [-0.2, 0) is 0 Å². The van der Waals surface area contributed by atoms with Crippen molar-refractivity contribution in [1.82, 2.24) is 0 Å². The standard InChI is InChI=1S/C29H25ClN2/c1-19-27(25-14-8-10-21-9-3-4-13-24(21)25)20(2)29(32-15-5-6-16-32)26(18-31)28(19)22-11-7-12-23(30)17-22/h3-4,7-14,17H,5-6,15-16H2,1-2H3. The number of hydrogen-bond donors (Lipinski definition) is 0. The molecule has 0 aromatic heterocycles. The van der Waals surface area contributed by atoms with Gasteiger partial charge < -0.3 is 4.90 Å². The zero-order chi connectivity index (χ0) is 22.2. The third kappa shape index (κ3) is 3.34. The molecule has 1 saturated heterocycles. The van der Waals surface area contributed by atoms with E-state index in [1.54, 1.807) is 0 Å². The van der Waals surface area contributed by atoms with Crippen LogP contribution in [0, 0.1) is 25.2 Å². The molecule has 1 aliphatic rings. The van der Waals surface area contributed by atoms with E-state index in [2.05, 4.69) is 73.3 Å². The maximum Gasteiger partial charge on any atom is 0.102 e. The van der Waals surface area contributed by atoms with Gasteiger partial charge in [0.25, 0.3) is 0 Å². The van der Waals surface area contributed by atoms with E-state index in [0.29, 0.717) is 5.02 Å². The molecule has 1 aliphatic heterocycles. The van der Waals surface area contributed by atoms with E-state index >= 15 is 0 Å². The number of hydrogen-bond acceptors (Lipinski definition) is 2. The minimum Gasteiger partial charge on any atom is -0.370 e. The lowest BCUT2D eigenvalue weighted by molar-refractivity contribution is 0.949. The van der Waals surface area contributed by atoms with Gasteiger partial charge in [0.15, 0.2) is 0 Å². The Morgan fingerprint density at radius 3 is 2.31 bits per heavy atom. The summed E-state index contributed by atoms with van der Waals surface area (Å²) in [5.74, 6) is 0. The average molecular weight is 437 g/mol. The second-order valence-electron chi connectivity index (χ2n) is 8.57. The lowest BCUT2D eigenvalue weighted by Crippen LogP contribution is -2.21. The van der Waals surface area contributed by atoms with Gasteiger partial charge in [-0.15, -0.1) is 0 Å². The minimum atomic E-state index is 0.681. The molecule has 0 bridgehead atoms. The normalized spacial score (nSPS) is 13.5. The van der Waals surface area contributed by atoms with Gasteiger partial charge in [-0.05, 0) is 77.4 Å². The summed E-state index contributed by atoms with van der Waals surface area (Å²) in [6, 6.07) is 25.5. The highest BCUT2D eigenvalue weighted by atomic mass is 35.5. The molecular formula is C29H25ClN2. The fourth-order valence-electron chi connectivity index (χ4n) is 5.32. The lowest BCUT2D eigenvalue weighted by Gasteiger charge is -2.28. The zero-order valence-corrected chi connectivity index (χ0v) is 19.2. The summed E-state index contributed by atoms with van der Waals surface area (Å²) in [5.41, 5.74) is 8.56. The molecular weight excluding hydrogens is 412 g/mol.